The predicted octanol–water partition coefficient (Wildman–Crippen LogP) is 3.87. The molecule has 0 atom stereocenters. The first-order valence-corrected chi connectivity index (χ1v) is 6.96. The van der Waals surface area contributed by atoms with Crippen LogP contribution in [0.2, 0.25) is 0 Å². The van der Waals surface area contributed by atoms with E-state index in [1.807, 2.05) is 6.07 Å². The Kier molecular flexibility index (Phi) is 4.55. The van der Waals surface area contributed by atoms with Gasteiger partial charge in [0.2, 0.25) is 0 Å². The lowest BCUT2D eigenvalue weighted by Gasteiger charge is -2.09. The van der Waals surface area contributed by atoms with Crippen LogP contribution in [0, 0.1) is 0 Å². The Morgan fingerprint density at radius 2 is 2.05 bits per heavy atom. The van der Waals surface area contributed by atoms with Crippen LogP contribution in [-0.4, -0.2) is 18.0 Å². The van der Waals surface area contributed by atoms with Gasteiger partial charge >= 0.3 is 0 Å². The van der Waals surface area contributed by atoms with Crippen LogP contribution in [0.25, 0.3) is 0 Å². The van der Waals surface area contributed by atoms with Crippen molar-refractivity contribution < 1.29 is 9.53 Å². The molecule has 4 nitrogen and oxygen atoms in total. The minimum absolute atomic E-state index is 0.290. The molecule has 0 aliphatic carbocycles. The minimum Gasteiger partial charge on any atom is -0.497 e. The number of methoxy groups -OCH3 is 1. The molecule has 2 rings (SSSR count). The van der Waals surface area contributed by atoms with Gasteiger partial charge in [-0.05, 0) is 56.1 Å². The number of nitrogens with zero attached hydrogens (tertiary/aromatic N) is 1. The van der Waals surface area contributed by atoms with Crippen LogP contribution < -0.4 is 10.1 Å². The fourth-order valence-electron chi connectivity index (χ4n) is 1.46. The highest BCUT2D eigenvalue weighted by Crippen LogP contribution is 2.27. The highest BCUT2D eigenvalue weighted by atomic mass is 79.9. The van der Waals surface area contributed by atoms with Crippen molar-refractivity contribution in [3.05, 3.63) is 51.2 Å². The molecule has 0 radical (unpaired) electrons. The molecule has 0 saturated heterocycles. The van der Waals surface area contributed by atoms with Gasteiger partial charge in [0, 0.05) is 21.2 Å². The Morgan fingerprint density at radius 3 is 2.74 bits per heavy atom. The first-order valence-electron chi connectivity index (χ1n) is 5.37. The zero-order valence-electron chi connectivity index (χ0n) is 9.98. The summed E-state index contributed by atoms with van der Waals surface area (Å²) in [6.07, 6.45) is 1.57. The molecule has 2 aromatic rings. The largest absolute Gasteiger partial charge is 0.497 e. The number of amides is 1. The summed E-state index contributed by atoms with van der Waals surface area (Å²) in [6.45, 7) is 0. The summed E-state index contributed by atoms with van der Waals surface area (Å²) in [5.74, 6) is 0.375. The van der Waals surface area contributed by atoms with Gasteiger partial charge in [0.05, 0.1) is 12.8 Å². The summed E-state index contributed by atoms with van der Waals surface area (Å²) in [7, 11) is 1.57. The average molecular weight is 386 g/mol. The summed E-state index contributed by atoms with van der Waals surface area (Å²) in [5, 5.41) is 2.78. The van der Waals surface area contributed by atoms with E-state index in [0.717, 1.165) is 4.47 Å². The van der Waals surface area contributed by atoms with E-state index in [0.29, 0.717) is 21.6 Å². The lowest BCUT2D eigenvalue weighted by atomic mass is 10.2. The van der Waals surface area contributed by atoms with Crippen molar-refractivity contribution in [2.45, 2.75) is 0 Å². The van der Waals surface area contributed by atoms with Crippen LogP contribution in [0.1, 0.15) is 10.5 Å². The smallest absolute Gasteiger partial charge is 0.275 e. The Bertz CT molecular complexity index is 617. The van der Waals surface area contributed by atoms with Gasteiger partial charge in [0.1, 0.15) is 11.4 Å². The number of anilines is 1. The summed E-state index contributed by atoms with van der Waals surface area (Å²) in [4.78, 5) is 16.2. The molecule has 1 aromatic heterocycles. The topological polar surface area (TPSA) is 51.2 Å². The Labute approximate surface area is 127 Å². The third kappa shape index (κ3) is 3.33. The first kappa shape index (κ1) is 14.0. The van der Waals surface area contributed by atoms with E-state index < -0.39 is 0 Å². The van der Waals surface area contributed by atoms with Crippen LogP contribution in [-0.2, 0) is 0 Å². The number of ether oxygens (including phenoxy) is 1. The van der Waals surface area contributed by atoms with Crippen LogP contribution in [0.15, 0.2) is 45.5 Å². The molecule has 1 heterocycles. The van der Waals surface area contributed by atoms with E-state index in [1.54, 1.807) is 37.6 Å². The SMILES string of the molecule is COc1ccc(Br)c(NC(=O)c2ncccc2Br)c1. The number of aromatic nitrogens is 1. The summed E-state index contributed by atoms with van der Waals surface area (Å²) in [6, 6.07) is 8.86. The molecule has 19 heavy (non-hydrogen) atoms. The third-order valence-corrected chi connectivity index (χ3v) is 3.73. The van der Waals surface area contributed by atoms with Crippen molar-refractivity contribution in [3.8, 4) is 5.75 Å². The molecule has 0 bridgehead atoms. The number of pyridine rings is 1. The molecule has 0 aliphatic rings. The number of hydrogen-bond donors (Lipinski definition) is 1. The van der Waals surface area contributed by atoms with Gasteiger partial charge in [-0.15, -0.1) is 0 Å². The maximum Gasteiger partial charge on any atom is 0.275 e. The molecule has 6 heteroatoms. The third-order valence-electron chi connectivity index (χ3n) is 2.40. The number of rotatable bonds is 3. The quantitative estimate of drug-likeness (QED) is 0.872. The van der Waals surface area contributed by atoms with Crippen molar-refractivity contribution in [2.75, 3.05) is 12.4 Å². The van der Waals surface area contributed by atoms with E-state index in [9.17, 15) is 4.79 Å². The second kappa shape index (κ2) is 6.16. The number of nitrogens with one attached hydrogen (secondary N) is 1. The standard InChI is InChI=1S/C13H10Br2N2O2/c1-19-8-4-5-9(14)11(7-8)17-13(18)12-10(15)3-2-6-16-12/h2-7H,1H3,(H,17,18). The van der Waals surface area contributed by atoms with Crippen LogP contribution >= 0.6 is 31.9 Å². The maximum atomic E-state index is 12.1. The van der Waals surface area contributed by atoms with E-state index >= 15 is 0 Å². The van der Waals surface area contributed by atoms with Gasteiger partial charge in [0.15, 0.2) is 0 Å². The lowest BCUT2D eigenvalue weighted by molar-refractivity contribution is 0.102. The van der Waals surface area contributed by atoms with Crippen molar-refractivity contribution in [3.63, 3.8) is 0 Å². The molecular formula is C13H10Br2N2O2. The molecule has 0 unspecified atom stereocenters. The summed E-state index contributed by atoms with van der Waals surface area (Å²) < 4.78 is 6.54. The van der Waals surface area contributed by atoms with E-state index in [-0.39, 0.29) is 5.91 Å². The molecule has 1 amide bonds. The van der Waals surface area contributed by atoms with E-state index in [1.165, 1.54) is 0 Å². The van der Waals surface area contributed by atoms with Gasteiger partial charge in [0.25, 0.3) is 5.91 Å². The van der Waals surface area contributed by atoms with Crippen molar-refractivity contribution in [2.24, 2.45) is 0 Å². The zero-order valence-corrected chi connectivity index (χ0v) is 13.2. The lowest BCUT2D eigenvalue weighted by Crippen LogP contribution is -2.14. The summed E-state index contributed by atoms with van der Waals surface area (Å²) in [5.41, 5.74) is 0.958. The fraction of sp³-hybridized carbons (Fsp3) is 0.0769. The number of carbonyl (C=O) groups excluding carboxylic acids is 1. The second-order valence-electron chi connectivity index (χ2n) is 3.63. The fourth-order valence-corrected chi connectivity index (χ4v) is 2.24. The van der Waals surface area contributed by atoms with Gasteiger partial charge in [-0.2, -0.15) is 0 Å². The van der Waals surface area contributed by atoms with Crippen molar-refractivity contribution in [1.82, 2.24) is 4.98 Å². The van der Waals surface area contributed by atoms with Gasteiger partial charge in [-0.25, -0.2) is 4.98 Å². The van der Waals surface area contributed by atoms with Gasteiger partial charge in [-0.1, -0.05) is 0 Å². The Balaban J connectivity index is 2.26. The number of halogens is 2. The second-order valence-corrected chi connectivity index (χ2v) is 5.34. The minimum atomic E-state index is -0.290. The normalized spacial score (nSPS) is 10.1. The molecule has 98 valence electrons. The maximum absolute atomic E-state index is 12.1. The molecule has 0 fully saturated rings. The molecule has 1 aromatic carbocycles. The zero-order chi connectivity index (χ0) is 13.8. The highest BCUT2D eigenvalue weighted by Gasteiger charge is 2.13. The molecule has 0 spiro atoms. The monoisotopic (exact) mass is 384 g/mol. The van der Waals surface area contributed by atoms with Gasteiger partial charge < -0.3 is 10.1 Å². The average Bonchev–Trinajstić information content (AvgIpc) is 2.41. The summed E-state index contributed by atoms with van der Waals surface area (Å²) >= 11 is 6.67. The molecule has 1 N–H and O–H groups in total. The van der Waals surface area contributed by atoms with Gasteiger partial charge in [-0.3, -0.25) is 4.79 Å². The number of hydrogen-bond acceptors (Lipinski definition) is 3. The van der Waals surface area contributed by atoms with Crippen LogP contribution in [0.4, 0.5) is 5.69 Å². The number of carbonyl (C=O) groups is 1. The molecule has 0 aliphatic heterocycles. The molecule has 0 saturated carbocycles. The Morgan fingerprint density at radius 1 is 1.26 bits per heavy atom. The van der Waals surface area contributed by atoms with Crippen LogP contribution in [0.3, 0.4) is 0 Å². The van der Waals surface area contributed by atoms with E-state index in [4.69, 9.17) is 4.74 Å². The van der Waals surface area contributed by atoms with Crippen LogP contribution in [0.5, 0.6) is 5.75 Å². The van der Waals surface area contributed by atoms with Crippen molar-refractivity contribution in [1.29, 1.82) is 0 Å². The first-order chi connectivity index (χ1) is 9.11. The Hall–Kier alpha value is -1.40. The molecular weight excluding hydrogens is 376 g/mol. The highest BCUT2D eigenvalue weighted by molar-refractivity contribution is 9.11. The number of benzene rings is 1. The predicted molar refractivity (Wildman–Crippen MR) is 80.6 cm³/mol. The van der Waals surface area contributed by atoms with Crippen molar-refractivity contribution >= 4 is 43.5 Å². The van der Waals surface area contributed by atoms with E-state index in [2.05, 4.69) is 42.2 Å².